The maximum absolute atomic E-state index is 11.6. The Balaban J connectivity index is 2.10. The van der Waals surface area contributed by atoms with E-state index < -0.39 is 0 Å². The minimum atomic E-state index is 0.0185. The normalized spacial score (nSPS) is 10.0. The van der Waals surface area contributed by atoms with Crippen molar-refractivity contribution in [3.63, 3.8) is 0 Å². The van der Waals surface area contributed by atoms with Crippen LogP contribution in [-0.2, 0) is 6.42 Å². The van der Waals surface area contributed by atoms with Crippen LogP contribution in [0.1, 0.15) is 16.1 Å². The molecule has 2 aromatic rings. The first kappa shape index (κ1) is 9.02. The molecule has 0 amide bonds. The molecular formula is C10H8N2OS. The van der Waals surface area contributed by atoms with E-state index in [1.54, 1.807) is 0 Å². The van der Waals surface area contributed by atoms with E-state index in [1.165, 1.54) is 6.20 Å². The van der Waals surface area contributed by atoms with Gasteiger partial charge < -0.3 is 0 Å². The van der Waals surface area contributed by atoms with Gasteiger partial charge in [0.2, 0.25) is 0 Å². The summed E-state index contributed by atoms with van der Waals surface area (Å²) in [5.74, 6) is 0.0185. The molecule has 70 valence electrons. The van der Waals surface area contributed by atoms with Crippen molar-refractivity contribution in [1.29, 1.82) is 0 Å². The van der Waals surface area contributed by atoms with Crippen LogP contribution in [0.2, 0.25) is 0 Å². The summed E-state index contributed by atoms with van der Waals surface area (Å²) >= 11 is 1.06. The molecule has 0 atom stereocenters. The molecule has 0 N–H and O–H groups in total. The fourth-order valence-corrected chi connectivity index (χ4v) is 1.59. The number of hydrogen-bond acceptors (Lipinski definition) is 4. The number of aromatic nitrogens is 2. The fourth-order valence-electron chi connectivity index (χ4n) is 1.16. The zero-order valence-electron chi connectivity index (χ0n) is 7.38. The number of nitrogens with zero attached hydrogens (tertiary/aromatic N) is 2. The molecule has 0 fully saturated rings. The van der Waals surface area contributed by atoms with Gasteiger partial charge in [-0.2, -0.15) is 8.75 Å². The average Bonchev–Trinajstić information content (AvgIpc) is 2.72. The van der Waals surface area contributed by atoms with E-state index in [2.05, 4.69) is 8.75 Å². The lowest BCUT2D eigenvalue weighted by molar-refractivity contribution is 0.0989. The Hall–Kier alpha value is -1.55. The van der Waals surface area contributed by atoms with Crippen LogP contribution in [0.25, 0.3) is 0 Å². The van der Waals surface area contributed by atoms with Crippen LogP contribution >= 0.6 is 11.7 Å². The summed E-state index contributed by atoms with van der Waals surface area (Å²) in [6, 6.07) is 9.62. The largest absolute Gasteiger partial charge is 0.292 e. The topological polar surface area (TPSA) is 42.9 Å². The van der Waals surface area contributed by atoms with Crippen LogP contribution < -0.4 is 0 Å². The summed E-state index contributed by atoms with van der Waals surface area (Å²) in [5, 5.41) is 0. The van der Waals surface area contributed by atoms with Gasteiger partial charge >= 0.3 is 0 Å². The third-order valence-electron chi connectivity index (χ3n) is 1.85. The second-order valence-electron chi connectivity index (χ2n) is 2.88. The minimum Gasteiger partial charge on any atom is -0.292 e. The van der Waals surface area contributed by atoms with Crippen molar-refractivity contribution >= 4 is 17.5 Å². The maximum Gasteiger partial charge on any atom is 0.188 e. The van der Waals surface area contributed by atoms with E-state index in [1.807, 2.05) is 30.3 Å². The van der Waals surface area contributed by atoms with Crippen molar-refractivity contribution in [3.05, 3.63) is 47.8 Å². The van der Waals surface area contributed by atoms with Gasteiger partial charge in [0.05, 0.1) is 17.9 Å². The van der Waals surface area contributed by atoms with Crippen LogP contribution in [-0.4, -0.2) is 14.5 Å². The molecule has 0 unspecified atom stereocenters. The molecule has 1 aromatic carbocycles. The van der Waals surface area contributed by atoms with Gasteiger partial charge in [-0.25, -0.2) is 0 Å². The van der Waals surface area contributed by atoms with Crippen molar-refractivity contribution in [2.45, 2.75) is 6.42 Å². The lowest BCUT2D eigenvalue weighted by atomic mass is 10.1. The number of benzene rings is 1. The number of carbonyl (C=O) groups excluding carboxylic acids is 1. The predicted molar refractivity (Wildman–Crippen MR) is 54.4 cm³/mol. The highest BCUT2D eigenvalue weighted by Gasteiger charge is 2.08. The molecule has 1 aromatic heterocycles. The average molecular weight is 204 g/mol. The Morgan fingerprint density at radius 3 is 2.71 bits per heavy atom. The standard InChI is InChI=1S/C10H8N2OS/c13-10(9-7-11-14-12-9)6-8-4-2-1-3-5-8/h1-5,7H,6H2. The molecule has 2 rings (SSSR count). The summed E-state index contributed by atoms with van der Waals surface area (Å²) in [4.78, 5) is 11.6. The first-order valence-corrected chi connectivity index (χ1v) is 4.94. The van der Waals surface area contributed by atoms with Crippen LogP contribution in [0.5, 0.6) is 0 Å². The van der Waals surface area contributed by atoms with Crippen LogP contribution in [0.15, 0.2) is 36.5 Å². The molecule has 4 heteroatoms. The SMILES string of the molecule is O=C(Cc1ccccc1)c1cnsn1. The molecule has 0 saturated carbocycles. The quantitative estimate of drug-likeness (QED) is 0.718. The molecule has 1 heterocycles. The van der Waals surface area contributed by atoms with Crippen molar-refractivity contribution in [3.8, 4) is 0 Å². The van der Waals surface area contributed by atoms with Gasteiger partial charge in [0.15, 0.2) is 5.78 Å². The molecule has 0 bridgehead atoms. The van der Waals surface area contributed by atoms with E-state index in [0.717, 1.165) is 17.3 Å². The van der Waals surface area contributed by atoms with Gasteiger partial charge in [0.1, 0.15) is 5.69 Å². The summed E-state index contributed by atoms with van der Waals surface area (Å²) in [6.45, 7) is 0. The van der Waals surface area contributed by atoms with E-state index in [-0.39, 0.29) is 5.78 Å². The number of hydrogen-bond donors (Lipinski definition) is 0. The van der Waals surface area contributed by atoms with Crippen LogP contribution in [0, 0.1) is 0 Å². The summed E-state index contributed by atoms with van der Waals surface area (Å²) in [5.41, 5.74) is 1.46. The number of ketones is 1. The third-order valence-corrected chi connectivity index (χ3v) is 2.33. The van der Waals surface area contributed by atoms with Gasteiger partial charge in [-0.3, -0.25) is 4.79 Å². The van der Waals surface area contributed by atoms with Crippen LogP contribution in [0.3, 0.4) is 0 Å². The predicted octanol–water partition coefficient (Wildman–Crippen LogP) is 1.96. The molecule has 3 nitrogen and oxygen atoms in total. The molecular weight excluding hydrogens is 196 g/mol. The molecule has 0 aliphatic rings. The fraction of sp³-hybridized carbons (Fsp3) is 0.100. The highest BCUT2D eigenvalue weighted by atomic mass is 32.1. The third kappa shape index (κ3) is 2.03. The Kier molecular flexibility index (Phi) is 2.65. The molecule has 0 aliphatic heterocycles. The van der Waals surface area contributed by atoms with Gasteiger partial charge in [0.25, 0.3) is 0 Å². The number of rotatable bonds is 3. The van der Waals surface area contributed by atoms with E-state index >= 15 is 0 Å². The Labute approximate surface area is 85.7 Å². The van der Waals surface area contributed by atoms with Crippen molar-refractivity contribution < 1.29 is 4.79 Å². The Morgan fingerprint density at radius 2 is 2.07 bits per heavy atom. The summed E-state index contributed by atoms with van der Waals surface area (Å²) in [7, 11) is 0. The van der Waals surface area contributed by atoms with E-state index in [9.17, 15) is 4.79 Å². The van der Waals surface area contributed by atoms with Gasteiger partial charge in [0, 0.05) is 6.42 Å². The summed E-state index contributed by atoms with van der Waals surface area (Å²) in [6.07, 6.45) is 1.90. The highest BCUT2D eigenvalue weighted by molar-refractivity contribution is 6.99. The molecule has 14 heavy (non-hydrogen) atoms. The second-order valence-corrected chi connectivity index (χ2v) is 3.43. The zero-order valence-corrected chi connectivity index (χ0v) is 8.20. The van der Waals surface area contributed by atoms with Crippen molar-refractivity contribution in [2.24, 2.45) is 0 Å². The lowest BCUT2D eigenvalue weighted by Crippen LogP contribution is -2.03. The molecule has 0 radical (unpaired) electrons. The number of carbonyl (C=O) groups is 1. The lowest BCUT2D eigenvalue weighted by Gasteiger charge is -1.96. The molecule has 0 aliphatic carbocycles. The Morgan fingerprint density at radius 1 is 1.29 bits per heavy atom. The number of Topliss-reactive ketones (excluding diaryl/α,β-unsaturated/α-hetero) is 1. The van der Waals surface area contributed by atoms with Crippen LogP contribution in [0.4, 0.5) is 0 Å². The molecule has 0 saturated heterocycles. The first-order chi connectivity index (χ1) is 6.86. The first-order valence-electron chi connectivity index (χ1n) is 4.21. The minimum absolute atomic E-state index is 0.0185. The Bertz CT molecular complexity index is 411. The van der Waals surface area contributed by atoms with Crippen molar-refractivity contribution in [1.82, 2.24) is 8.75 Å². The van der Waals surface area contributed by atoms with Gasteiger partial charge in [-0.05, 0) is 5.56 Å². The summed E-state index contributed by atoms with van der Waals surface area (Å²) < 4.78 is 7.69. The van der Waals surface area contributed by atoms with Gasteiger partial charge in [-0.1, -0.05) is 30.3 Å². The highest BCUT2D eigenvalue weighted by Crippen LogP contribution is 2.05. The monoisotopic (exact) mass is 204 g/mol. The van der Waals surface area contributed by atoms with Gasteiger partial charge in [-0.15, -0.1) is 0 Å². The second kappa shape index (κ2) is 4.11. The molecule has 0 spiro atoms. The van der Waals surface area contributed by atoms with Crippen molar-refractivity contribution in [2.75, 3.05) is 0 Å². The smallest absolute Gasteiger partial charge is 0.188 e. The maximum atomic E-state index is 11.6. The van der Waals surface area contributed by atoms with E-state index in [4.69, 9.17) is 0 Å². The zero-order chi connectivity index (χ0) is 9.80. The van der Waals surface area contributed by atoms with E-state index in [0.29, 0.717) is 12.1 Å².